The summed E-state index contributed by atoms with van der Waals surface area (Å²) in [4.78, 5) is 30.6. The largest absolute Gasteiger partial charge is 0.465 e. The smallest absolute Gasteiger partial charge is 0.416 e. The Morgan fingerprint density at radius 1 is 0.818 bits per heavy atom. The lowest BCUT2D eigenvalue weighted by molar-refractivity contribution is -0.149. The molecule has 0 aromatic heterocycles. The van der Waals surface area contributed by atoms with E-state index >= 15 is 0 Å². The fourth-order valence-corrected chi connectivity index (χ4v) is 5.53. The van der Waals surface area contributed by atoms with Gasteiger partial charge in [0.25, 0.3) is 5.91 Å². The molecule has 1 heterocycles. The van der Waals surface area contributed by atoms with Crippen molar-refractivity contribution in [3.05, 3.63) is 120 Å². The van der Waals surface area contributed by atoms with E-state index < -0.39 is 17.8 Å². The van der Waals surface area contributed by atoms with Gasteiger partial charge in [0, 0.05) is 43.1 Å². The molecule has 0 aliphatic carbocycles. The lowest BCUT2D eigenvalue weighted by Crippen LogP contribution is -2.38. The molecule has 0 spiro atoms. The minimum absolute atomic E-state index is 0.243. The van der Waals surface area contributed by atoms with Crippen LogP contribution in [0.15, 0.2) is 103 Å². The molecule has 1 N–H and O–H groups in total. The van der Waals surface area contributed by atoms with E-state index in [4.69, 9.17) is 4.74 Å². The number of amides is 1. The van der Waals surface area contributed by atoms with E-state index in [9.17, 15) is 22.8 Å². The molecule has 5 rings (SSSR count). The summed E-state index contributed by atoms with van der Waals surface area (Å²) >= 11 is 0. The minimum atomic E-state index is -4.43. The number of halogens is 3. The molecule has 0 radical (unpaired) electrons. The normalized spacial score (nSPS) is 14.9. The zero-order chi connectivity index (χ0) is 31.1. The van der Waals surface area contributed by atoms with Gasteiger partial charge in [-0.1, -0.05) is 60.7 Å². The van der Waals surface area contributed by atoms with E-state index in [1.54, 1.807) is 24.3 Å². The number of esters is 1. The number of rotatable bonds is 8. The summed E-state index contributed by atoms with van der Waals surface area (Å²) in [5.74, 6) is -0.600. The molecule has 1 saturated heterocycles. The van der Waals surface area contributed by atoms with Crippen LogP contribution in [0.3, 0.4) is 0 Å². The molecule has 1 aliphatic heterocycles. The molecule has 1 unspecified atom stereocenters. The molecule has 9 heteroatoms. The van der Waals surface area contributed by atoms with Gasteiger partial charge in [-0.25, -0.2) is 4.79 Å². The Balaban J connectivity index is 1.25. The lowest BCUT2D eigenvalue weighted by atomic mass is 9.98. The second kappa shape index (κ2) is 13.8. The molecule has 1 fully saturated rings. The fourth-order valence-electron chi connectivity index (χ4n) is 5.53. The van der Waals surface area contributed by atoms with Crippen molar-refractivity contribution in [1.82, 2.24) is 4.90 Å². The van der Waals surface area contributed by atoms with Gasteiger partial charge in [0.15, 0.2) is 0 Å². The standard InChI is InChI=1S/C35H34F3N3O3/c1-2-44-34(43)32(26-9-4-3-5-10-26)41-22-8-21-40(23-24-41)29-19-17-28(18-20-29)39-33(42)31-12-7-6-11-30(31)25-13-15-27(16-14-25)35(36,37)38/h3-7,9-20,32H,2,8,21-24H2,1H3,(H,39,42). The number of alkyl halides is 3. The predicted octanol–water partition coefficient (Wildman–Crippen LogP) is 7.44. The summed E-state index contributed by atoms with van der Waals surface area (Å²) in [5, 5.41) is 2.91. The van der Waals surface area contributed by atoms with Gasteiger partial charge in [-0.05, 0) is 72.5 Å². The number of ether oxygens (including phenoxy) is 1. The van der Waals surface area contributed by atoms with Crippen LogP contribution in [0.4, 0.5) is 24.5 Å². The Morgan fingerprint density at radius 3 is 2.18 bits per heavy atom. The first-order valence-corrected chi connectivity index (χ1v) is 14.6. The van der Waals surface area contributed by atoms with Crippen LogP contribution in [0.1, 0.15) is 40.9 Å². The van der Waals surface area contributed by atoms with Gasteiger partial charge in [-0.15, -0.1) is 0 Å². The number of carbonyl (C=O) groups excluding carboxylic acids is 2. The van der Waals surface area contributed by atoms with E-state index in [0.717, 1.165) is 49.4 Å². The van der Waals surface area contributed by atoms with Crippen LogP contribution >= 0.6 is 0 Å². The van der Waals surface area contributed by atoms with Crippen LogP contribution in [0.2, 0.25) is 0 Å². The quantitative estimate of drug-likeness (QED) is 0.213. The average Bonchev–Trinajstić information content (AvgIpc) is 3.28. The van der Waals surface area contributed by atoms with Gasteiger partial charge in [0.2, 0.25) is 0 Å². The van der Waals surface area contributed by atoms with Gasteiger partial charge < -0.3 is 15.0 Å². The van der Waals surface area contributed by atoms with Crippen LogP contribution in [-0.2, 0) is 15.7 Å². The summed E-state index contributed by atoms with van der Waals surface area (Å²) in [6.45, 7) is 5.10. The zero-order valence-electron chi connectivity index (χ0n) is 24.4. The van der Waals surface area contributed by atoms with Crippen molar-refractivity contribution in [3.8, 4) is 11.1 Å². The Morgan fingerprint density at radius 2 is 1.50 bits per heavy atom. The van der Waals surface area contributed by atoms with Crippen molar-refractivity contribution >= 4 is 23.3 Å². The lowest BCUT2D eigenvalue weighted by Gasteiger charge is -2.29. The SMILES string of the molecule is CCOC(=O)C(c1ccccc1)N1CCCN(c2ccc(NC(=O)c3ccccc3-c3ccc(C(F)(F)F)cc3)cc2)CC1. The van der Waals surface area contributed by atoms with Crippen molar-refractivity contribution in [1.29, 1.82) is 0 Å². The van der Waals surface area contributed by atoms with E-state index in [2.05, 4.69) is 15.1 Å². The van der Waals surface area contributed by atoms with Crippen molar-refractivity contribution < 1.29 is 27.5 Å². The fraction of sp³-hybridized carbons (Fsp3) is 0.257. The second-order valence-electron chi connectivity index (χ2n) is 10.6. The predicted molar refractivity (Wildman–Crippen MR) is 165 cm³/mol. The molecular formula is C35H34F3N3O3. The highest BCUT2D eigenvalue weighted by Gasteiger charge is 2.31. The Hall–Kier alpha value is -4.63. The molecule has 6 nitrogen and oxygen atoms in total. The highest BCUT2D eigenvalue weighted by atomic mass is 19.4. The van der Waals surface area contributed by atoms with Gasteiger partial charge in [-0.2, -0.15) is 13.2 Å². The first kappa shape index (κ1) is 30.8. The maximum absolute atomic E-state index is 13.2. The van der Waals surface area contributed by atoms with Crippen LogP contribution in [0.5, 0.6) is 0 Å². The van der Waals surface area contributed by atoms with Crippen LogP contribution in [0.25, 0.3) is 11.1 Å². The number of anilines is 2. The monoisotopic (exact) mass is 601 g/mol. The van der Waals surface area contributed by atoms with Gasteiger partial charge >= 0.3 is 12.1 Å². The molecule has 4 aromatic carbocycles. The van der Waals surface area contributed by atoms with E-state index in [-0.39, 0.29) is 11.9 Å². The number of nitrogens with one attached hydrogen (secondary N) is 1. The summed E-state index contributed by atoms with van der Waals surface area (Å²) in [6.07, 6.45) is -3.57. The number of nitrogens with zero attached hydrogens (tertiary/aromatic N) is 2. The van der Waals surface area contributed by atoms with Crippen molar-refractivity contribution in [2.24, 2.45) is 0 Å². The number of carbonyl (C=O) groups is 2. The zero-order valence-corrected chi connectivity index (χ0v) is 24.4. The number of benzene rings is 4. The molecule has 44 heavy (non-hydrogen) atoms. The summed E-state index contributed by atoms with van der Waals surface area (Å²) < 4.78 is 44.5. The molecule has 0 saturated carbocycles. The van der Waals surface area contributed by atoms with E-state index in [1.165, 1.54) is 12.1 Å². The third-order valence-electron chi connectivity index (χ3n) is 7.71. The first-order valence-electron chi connectivity index (χ1n) is 14.6. The summed E-state index contributed by atoms with van der Waals surface area (Å²) in [7, 11) is 0. The van der Waals surface area contributed by atoms with Gasteiger partial charge in [0.05, 0.1) is 12.2 Å². The maximum atomic E-state index is 13.2. The van der Waals surface area contributed by atoms with Crippen molar-refractivity contribution in [2.45, 2.75) is 25.6 Å². The number of hydrogen-bond acceptors (Lipinski definition) is 5. The summed E-state index contributed by atoms with van der Waals surface area (Å²) in [5.41, 5.74) is 3.20. The molecule has 4 aromatic rings. The molecule has 228 valence electrons. The Kier molecular flexibility index (Phi) is 9.65. The van der Waals surface area contributed by atoms with Crippen LogP contribution in [-0.4, -0.2) is 49.6 Å². The van der Waals surface area contributed by atoms with Crippen LogP contribution < -0.4 is 10.2 Å². The second-order valence-corrected chi connectivity index (χ2v) is 10.6. The van der Waals surface area contributed by atoms with E-state index in [1.807, 2.05) is 61.5 Å². The highest BCUT2D eigenvalue weighted by molar-refractivity contribution is 6.08. The van der Waals surface area contributed by atoms with Crippen molar-refractivity contribution in [3.63, 3.8) is 0 Å². The Bertz CT molecular complexity index is 1560. The number of hydrogen-bond donors (Lipinski definition) is 1. The topological polar surface area (TPSA) is 61.9 Å². The van der Waals surface area contributed by atoms with Crippen LogP contribution in [0, 0.1) is 0 Å². The molecule has 1 aliphatic rings. The maximum Gasteiger partial charge on any atom is 0.416 e. The third-order valence-corrected chi connectivity index (χ3v) is 7.71. The van der Waals surface area contributed by atoms with Gasteiger partial charge in [-0.3, -0.25) is 9.69 Å². The molecular weight excluding hydrogens is 567 g/mol. The van der Waals surface area contributed by atoms with E-state index in [0.29, 0.717) is 35.5 Å². The molecule has 1 atom stereocenters. The third kappa shape index (κ3) is 7.29. The first-order chi connectivity index (χ1) is 21.2. The van der Waals surface area contributed by atoms with Gasteiger partial charge in [0.1, 0.15) is 6.04 Å². The summed E-state index contributed by atoms with van der Waals surface area (Å²) in [6, 6.07) is 28.4. The minimum Gasteiger partial charge on any atom is -0.465 e. The highest BCUT2D eigenvalue weighted by Crippen LogP contribution is 2.32. The average molecular weight is 602 g/mol. The Labute approximate surface area is 255 Å². The van der Waals surface area contributed by atoms with Crippen molar-refractivity contribution in [2.75, 3.05) is 43.0 Å². The molecule has 1 amide bonds. The molecule has 0 bridgehead atoms.